The van der Waals surface area contributed by atoms with Crippen molar-refractivity contribution in [1.29, 1.82) is 0 Å². The van der Waals surface area contributed by atoms with E-state index in [2.05, 4.69) is 0 Å². The Kier molecular flexibility index (Phi) is 7.18. The van der Waals surface area contributed by atoms with Gasteiger partial charge in [-0.1, -0.05) is 0 Å². The van der Waals surface area contributed by atoms with Crippen molar-refractivity contribution in [3.8, 4) is 23.0 Å². The molecule has 0 N–H and O–H groups in total. The molecule has 5 nitrogen and oxygen atoms in total. The summed E-state index contributed by atoms with van der Waals surface area (Å²) in [5, 5.41) is 0.568. The molecule has 2 rings (SSSR count). The molecule has 2 aromatic carbocycles. The number of hydrogen-bond donors (Lipinski definition) is 0. The Balaban J connectivity index is 2.03. The first-order valence-electron chi connectivity index (χ1n) is 7.16. The van der Waals surface area contributed by atoms with Gasteiger partial charge in [0.1, 0.15) is 0 Å². The van der Waals surface area contributed by atoms with Crippen LogP contribution in [0.25, 0.3) is 0 Å². The van der Waals surface area contributed by atoms with Crippen LogP contribution >= 0.6 is 23.2 Å². The van der Waals surface area contributed by atoms with E-state index in [1.54, 1.807) is 36.4 Å². The van der Waals surface area contributed by atoms with Crippen LogP contribution in [0, 0.1) is 0 Å². The molecule has 0 bridgehead atoms. The zero-order valence-corrected chi connectivity index (χ0v) is 16.3. The third-order valence-electron chi connectivity index (χ3n) is 2.74. The van der Waals surface area contributed by atoms with Crippen molar-refractivity contribution in [2.75, 3.05) is 13.2 Å². The van der Waals surface area contributed by atoms with Crippen molar-refractivity contribution in [3.63, 3.8) is 0 Å². The zero-order chi connectivity index (χ0) is 17.5. The van der Waals surface area contributed by atoms with Crippen LogP contribution in [-0.4, -0.2) is 27.7 Å². The van der Waals surface area contributed by atoms with E-state index in [-0.39, 0.29) is 21.5 Å². The van der Waals surface area contributed by atoms with Crippen LogP contribution in [0.3, 0.4) is 0 Å². The van der Waals surface area contributed by atoms with E-state index in [1.165, 1.54) is 0 Å². The normalized spacial score (nSPS) is 10.5. The third kappa shape index (κ3) is 5.28. The molecule has 0 aliphatic rings. The summed E-state index contributed by atoms with van der Waals surface area (Å²) in [6, 6.07) is 9.67. The van der Waals surface area contributed by atoms with E-state index in [9.17, 15) is 3.83 Å². The van der Waals surface area contributed by atoms with Gasteiger partial charge >= 0.3 is 155 Å². The maximum absolute atomic E-state index is 12.1. The molecule has 0 unspecified atom stereocenters. The summed E-state index contributed by atoms with van der Waals surface area (Å²) < 4.78 is 33.3. The molecular formula is C16H16Cl2O5Se. The minimum atomic E-state index is -3.13. The van der Waals surface area contributed by atoms with E-state index in [0.717, 1.165) is 0 Å². The van der Waals surface area contributed by atoms with Crippen molar-refractivity contribution in [3.05, 3.63) is 46.4 Å². The Morgan fingerprint density at radius 2 is 1.25 bits per heavy atom. The zero-order valence-electron chi connectivity index (χ0n) is 13.1. The Hall–Kier alpha value is -1.46. The van der Waals surface area contributed by atoms with Crippen molar-refractivity contribution in [2.45, 2.75) is 13.8 Å². The van der Waals surface area contributed by atoms with Crippen LogP contribution in [0.5, 0.6) is 23.0 Å². The average Bonchev–Trinajstić information content (AvgIpc) is 2.53. The Morgan fingerprint density at radius 1 is 0.833 bits per heavy atom. The second-order valence-electron chi connectivity index (χ2n) is 4.42. The van der Waals surface area contributed by atoms with E-state index >= 15 is 0 Å². The Bertz CT molecular complexity index is 664. The average molecular weight is 438 g/mol. The van der Waals surface area contributed by atoms with E-state index < -0.39 is 14.5 Å². The van der Waals surface area contributed by atoms with Gasteiger partial charge in [-0.15, -0.1) is 0 Å². The summed E-state index contributed by atoms with van der Waals surface area (Å²) in [4.78, 5) is 0. The van der Waals surface area contributed by atoms with E-state index in [0.29, 0.717) is 24.7 Å². The fourth-order valence-electron chi connectivity index (χ4n) is 1.77. The van der Waals surface area contributed by atoms with Crippen LogP contribution in [0.1, 0.15) is 13.8 Å². The van der Waals surface area contributed by atoms with Crippen molar-refractivity contribution in [2.24, 2.45) is 0 Å². The van der Waals surface area contributed by atoms with Gasteiger partial charge in [0.05, 0.1) is 0 Å². The van der Waals surface area contributed by atoms with Crippen LogP contribution in [-0.2, 0) is 3.83 Å². The van der Waals surface area contributed by atoms with E-state index in [1.807, 2.05) is 13.8 Å². The monoisotopic (exact) mass is 438 g/mol. The first kappa shape index (κ1) is 18.9. The minimum absolute atomic E-state index is 0.252. The number of hydrogen-bond acceptors (Lipinski definition) is 5. The first-order valence-corrected chi connectivity index (χ1v) is 10.0. The molecule has 130 valence electrons. The van der Waals surface area contributed by atoms with Crippen molar-refractivity contribution >= 4 is 37.7 Å². The summed E-state index contributed by atoms with van der Waals surface area (Å²) in [7, 11) is 0. The second kappa shape index (κ2) is 9.13. The molecular weight excluding hydrogens is 422 g/mol. The van der Waals surface area contributed by atoms with Gasteiger partial charge < -0.3 is 0 Å². The summed E-state index contributed by atoms with van der Waals surface area (Å²) >= 11 is 9.02. The van der Waals surface area contributed by atoms with Gasteiger partial charge in [0, 0.05) is 0 Å². The summed E-state index contributed by atoms with van der Waals surface area (Å²) in [5.41, 5.74) is 0. The van der Waals surface area contributed by atoms with Crippen LogP contribution in [0.2, 0.25) is 10.0 Å². The standard InChI is InChI=1S/C16H16Cl2O5Se/c1-3-20-11-5-7-15(13(17)9-11)22-24(19)23-16-8-6-12(21-4-2)10-14(16)18/h5-10H,3-4H2,1-2H3. The summed E-state index contributed by atoms with van der Waals surface area (Å²) in [6.07, 6.45) is 0. The molecule has 24 heavy (non-hydrogen) atoms. The molecule has 0 aliphatic carbocycles. The van der Waals surface area contributed by atoms with Gasteiger partial charge in [-0.25, -0.2) is 0 Å². The summed E-state index contributed by atoms with van der Waals surface area (Å²) in [6.45, 7) is 4.78. The second-order valence-corrected chi connectivity index (χ2v) is 6.79. The Labute approximate surface area is 155 Å². The quantitative estimate of drug-likeness (QED) is 0.562. The molecule has 0 saturated carbocycles. The van der Waals surface area contributed by atoms with Gasteiger partial charge in [-0.05, 0) is 0 Å². The number of halogens is 2. The van der Waals surface area contributed by atoms with Gasteiger partial charge in [0.2, 0.25) is 0 Å². The van der Waals surface area contributed by atoms with Gasteiger partial charge in [-0.2, -0.15) is 0 Å². The maximum atomic E-state index is 12.1. The van der Waals surface area contributed by atoms with Gasteiger partial charge in [0.15, 0.2) is 0 Å². The SMILES string of the molecule is CCOc1ccc(O[Se](=O)Oc2ccc(OCC)cc2Cl)c(Cl)c1. The number of rotatable bonds is 8. The predicted molar refractivity (Wildman–Crippen MR) is 92.9 cm³/mol. The number of benzene rings is 2. The predicted octanol–water partition coefficient (Wildman–Crippen LogP) is 4.66. The molecule has 0 spiro atoms. The molecule has 0 amide bonds. The summed E-state index contributed by atoms with van der Waals surface area (Å²) in [5.74, 6) is 1.71. The Morgan fingerprint density at radius 3 is 1.58 bits per heavy atom. The van der Waals surface area contributed by atoms with Gasteiger partial charge in [0.25, 0.3) is 0 Å². The molecule has 2 aromatic rings. The van der Waals surface area contributed by atoms with Crippen molar-refractivity contribution in [1.82, 2.24) is 0 Å². The molecule has 0 heterocycles. The van der Waals surface area contributed by atoms with Crippen LogP contribution < -0.4 is 17.1 Å². The fraction of sp³-hybridized carbons (Fsp3) is 0.250. The number of ether oxygens (including phenoxy) is 2. The molecule has 0 saturated heterocycles. The molecule has 8 heteroatoms. The molecule has 0 fully saturated rings. The fourth-order valence-corrected chi connectivity index (χ4v) is 3.70. The van der Waals surface area contributed by atoms with Crippen LogP contribution in [0.15, 0.2) is 36.4 Å². The molecule has 0 radical (unpaired) electrons. The molecule has 0 aromatic heterocycles. The third-order valence-corrected chi connectivity index (χ3v) is 4.66. The first-order chi connectivity index (χ1) is 11.5. The van der Waals surface area contributed by atoms with Crippen molar-refractivity contribution < 1.29 is 20.9 Å². The molecule has 0 atom stereocenters. The van der Waals surface area contributed by atoms with Crippen LogP contribution in [0.4, 0.5) is 0 Å². The topological polar surface area (TPSA) is 54.0 Å². The van der Waals surface area contributed by atoms with Gasteiger partial charge in [-0.3, -0.25) is 0 Å². The molecule has 0 aliphatic heterocycles. The van der Waals surface area contributed by atoms with E-state index in [4.69, 9.17) is 40.3 Å².